The van der Waals surface area contributed by atoms with E-state index in [9.17, 15) is 4.79 Å². The fraction of sp³-hybridized carbons (Fsp3) is 0.429. The number of rotatable bonds is 6. The summed E-state index contributed by atoms with van der Waals surface area (Å²) in [7, 11) is 0. The van der Waals surface area contributed by atoms with Crippen LogP contribution < -0.4 is 16.4 Å². The third-order valence-electron chi connectivity index (χ3n) is 3.05. The van der Waals surface area contributed by atoms with Crippen molar-refractivity contribution in [1.82, 2.24) is 5.32 Å². The molecule has 5 heteroatoms. The van der Waals surface area contributed by atoms with Crippen molar-refractivity contribution in [3.8, 4) is 0 Å². The highest BCUT2D eigenvalue weighted by Crippen LogP contribution is 2.19. The van der Waals surface area contributed by atoms with Crippen molar-refractivity contribution in [2.75, 3.05) is 11.9 Å². The van der Waals surface area contributed by atoms with Gasteiger partial charge in [0.15, 0.2) is 0 Å². The third kappa shape index (κ3) is 4.21. The normalized spacial score (nSPS) is 13.9. The molecule has 1 amide bonds. The van der Waals surface area contributed by atoms with E-state index in [2.05, 4.69) is 10.6 Å². The van der Waals surface area contributed by atoms with Gasteiger partial charge >= 0.3 is 0 Å². The zero-order valence-electron chi connectivity index (χ0n) is 11.0. The van der Waals surface area contributed by atoms with Gasteiger partial charge in [0.1, 0.15) is 4.99 Å². The SMILES string of the molecule is Cc1ccc(C(N)=S)c(NCCC(=O)NC2CC2)c1. The van der Waals surface area contributed by atoms with Crippen molar-refractivity contribution < 1.29 is 4.79 Å². The average molecular weight is 277 g/mol. The largest absolute Gasteiger partial charge is 0.389 e. The highest BCUT2D eigenvalue weighted by molar-refractivity contribution is 7.80. The maximum Gasteiger partial charge on any atom is 0.221 e. The Bertz CT molecular complexity index is 497. The summed E-state index contributed by atoms with van der Waals surface area (Å²) in [6.45, 7) is 2.59. The fourth-order valence-corrected chi connectivity index (χ4v) is 2.04. The molecule has 0 bridgehead atoms. The van der Waals surface area contributed by atoms with Crippen LogP contribution in [-0.4, -0.2) is 23.5 Å². The molecule has 4 nitrogen and oxygen atoms in total. The summed E-state index contributed by atoms with van der Waals surface area (Å²) in [6, 6.07) is 6.29. The lowest BCUT2D eigenvalue weighted by Gasteiger charge is -2.12. The van der Waals surface area contributed by atoms with Crippen molar-refractivity contribution in [1.29, 1.82) is 0 Å². The molecule has 1 saturated carbocycles. The Morgan fingerprint density at radius 3 is 2.84 bits per heavy atom. The van der Waals surface area contributed by atoms with Crippen molar-refractivity contribution in [3.05, 3.63) is 29.3 Å². The van der Waals surface area contributed by atoms with E-state index in [0.29, 0.717) is 24.0 Å². The standard InChI is InChI=1S/C14H19N3OS/c1-9-2-5-11(14(15)19)12(8-9)16-7-6-13(18)17-10-3-4-10/h2,5,8,10,16H,3-4,6-7H2,1H3,(H2,15,19)(H,17,18). The van der Waals surface area contributed by atoms with Gasteiger partial charge in [-0.2, -0.15) is 0 Å². The number of carbonyl (C=O) groups is 1. The maximum atomic E-state index is 11.6. The fourth-order valence-electron chi connectivity index (χ4n) is 1.86. The van der Waals surface area contributed by atoms with Crippen LogP contribution in [0.3, 0.4) is 0 Å². The first-order valence-electron chi connectivity index (χ1n) is 6.50. The van der Waals surface area contributed by atoms with Gasteiger partial charge in [0.2, 0.25) is 5.91 Å². The number of carbonyl (C=O) groups excluding carboxylic acids is 1. The molecule has 1 aliphatic rings. The molecule has 102 valence electrons. The quantitative estimate of drug-likeness (QED) is 0.693. The summed E-state index contributed by atoms with van der Waals surface area (Å²) in [5.41, 5.74) is 8.53. The predicted octanol–water partition coefficient (Wildman–Crippen LogP) is 1.71. The van der Waals surface area contributed by atoms with Crippen molar-refractivity contribution in [2.24, 2.45) is 5.73 Å². The number of anilines is 1. The summed E-state index contributed by atoms with van der Waals surface area (Å²) >= 11 is 5.02. The number of thiocarbonyl (C=S) groups is 1. The second kappa shape index (κ2) is 6.02. The molecule has 4 N–H and O–H groups in total. The summed E-state index contributed by atoms with van der Waals surface area (Å²) in [6.07, 6.45) is 2.69. The second-order valence-corrected chi connectivity index (χ2v) is 5.37. The van der Waals surface area contributed by atoms with E-state index < -0.39 is 0 Å². The Balaban J connectivity index is 1.88. The Hall–Kier alpha value is -1.62. The minimum atomic E-state index is 0.0968. The van der Waals surface area contributed by atoms with Crippen LogP contribution in [0.25, 0.3) is 0 Å². The number of hydrogen-bond acceptors (Lipinski definition) is 3. The molecular formula is C14H19N3OS. The number of amides is 1. The van der Waals surface area contributed by atoms with Crippen LogP contribution in [-0.2, 0) is 4.79 Å². The van der Waals surface area contributed by atoms with Crippen LogP contribution in [0.1, 0.15) is 30.4 Å². The topological polar surface area (TPSA) is 67.1 Å². The highest BCUT2D eigenvalue weighted by atomic mass is 32.1. The molecule has 1 fully saturated rings. The molecule has 1 aliphatic carbocycles. The Kier molecular flexibility index (Phi) is 4.37. The number of benzene rings is 1. The molecule has 0 atom stereocenters. The van der Waals surface area contributed by atoms with Crippen LogP contribution >= 0.6 is 12.2 Å². The van der Waals surface area contributed by atoms with Gasteiger partial charge in [-0.15, -0.1) is 0 Å². The van der Waals surface area contributed by atoms with Crippen LogP contribution in [0, 0.1) is 6.92 Å². The molecular weight excluding hydrogens is 258 g/mol. The molecule has 19 heavy (non-hydrogen) atoms. The average Bonchev–Trinajstić information content (AvgIpc) is 3.12. The zero-order chi connectivity index (χ0) is 13.8. The molecule has 0 aliphatic heterocycles. The van der Waals surface area contributed by atoms with Crippen LogP contribution in [0.4, 0.5) is 5.69 Å². The van der Waals surface area contributed by atoms with Gasteiger partial charge in [-0.3, -0.25) is 4.79 Å². The van der Waals surface area contributed by atoms with Gasteiger partial charge in [0.25, 0.3) is 0 Å². The molecule has 1 aromatic carbocycles. The highest BCUT2D eigenvalue weighted by Gasteiger charge is 2.22. The minimum Gasteiger partial charge on any atom is -0.389 e. The van der Waals surface area contributed by atoms with E-state index in [4.69, 9.17) is 18.0 Å². The molecule has 0 saturated heterocycles. The first-order valence-corrected chi connectivity index (χ1v) is 6.91. The van der Waals surface area contributed by atoms with E-state index in [0.717, 1.165) is 29.7 Å². The van der Waals surface area contributed by atoms with Crippen LogP contribution in [0.5, 0.6) is 0 Å². The lowest BCUT2D eigenvalue weighted by Crippen LogP contribution is -2.27. The van der Waals surface area contributed by atoms with E-state index in [1.54, 1.807) is 0 Å². The van der Waals surface area contributed by atoms with Gasteiger partial charge in [-0.05, 0) is 37.5 Å². The lowest BCUT2D eigenvalue weighted by atomic mass is 10.1. The van der Waals surface area contributed by atoms with Crippen LogP contribution in [0.15, 0.2) is 18.2 Å². The number of nitrogens with one attached hydrogen (secondary N) is 2. The Labute approximate surface area is 118 Å². The van der Waals surface area contributed by atoms with Gasteiger partial charge in [0, 0.05) is 30.3 Å². The maximum absolute atomic E-state index is 11.6. The van der Waals surface area contributed by atoms with E-state index in [1.165, 1.54) is 0 Å². The smallest absolute Gasteiger partial charge is 0.221 e. The summed E-state index contributed by atoms with van der Waals surface area (Å²) < 4.78 is 0. The number of nitrogens with two attached hydrogens (primary N) is 1. The summed E-state index contributed by atoms with van der Waals surface area (Å²) in [4.78, 5) is 11.9. The molecule has 0 heterocycles. The molecule has 0 radical (unpaired) electrons. The van der Waals surface area contributed by atoms with Gasteiger partial charge in [-0.25, -0.2) is 0 Å². The van der Waals surface area contributed by atoms with E-state index in [-0.39, 0.29) is 5.91 Å². The molecule has 0 aromatic heterocycles. The lowest BCUT2D eigenvalue weighted by molar-refractivity contribution is -0.120. The number of aryl methyl sites for hydroxylation is 1. The summed E-state index contributed by atoms with van der Waals surface area (Å²) in [5, 5.41) is 6.19. The Morgan fingerprint density at radius 1 is 1.47 bits per heavy atom. The first kappa shape index (κ1) is 13.8. The molecule has 2 rings (SSSR count). The second-order valence-electron chi connectivity index (χ2n) is 4.93. The molecule has 1 aromatic rings. The Morgan fingerprint density at radius 2 is 2.21 bits per heavy atom. The van der Waals surface area contributed by atoms with E-state index >= 15 is 0 Å². The predicted molar refractivity (Wildman–Crippen MR) is 81.3 cm³/mol. The molecule has 0 unspecified atom stereocenters. The van der Waals surface area contributed by atoms with Crippen LogP contribution in [0.2, 0.25) is 0 Å². The third-order valence-corrected chi connectivity index (χ3v) is 3.27. The van der Waals surface area contributed by atoms with Gasteiger partial charge < -0.3 is 16.4 Å². The van der Waals surface area contributed by atoms with Gasteiger partial charge in [0.05, 0.1) is 0 Å². The first-order chi connectivity index (χ1) is 9.06. The van der Waals surface area contributed by atoms with Crippen molar-refractivity contribution >= 4 is 28.8 Å². The number of hydrogen-bond donors (Lipinski definition) is 3. The van der Waals surface area contributed by atoms with Crippen molar-refractivity contribution in [3.63, 3.8) is 0 Å². The van der Waals surface area contributed by atoms with Crippen molar-refractivity contribution in [2.45, 2.75) is 32.2 Å². The monoisotopic (exact) mass is 277 g/mol. The zero-order valence-corrected chi connectivity index (χ0v) is 11.8. The van der Waals surface area contributed by atoms with E-state index in [1.807, 2.05) is 25.1 Å². The minimum absolute atomic E-state index is 0.0968. The van der Waals surface area contributed by atoms with Gasteiger partial charge in [-0.1, -0.05) is 18.3 Å². The molecule has 0 spiro atoms. The summed E-state index contributed by atoms with van der Waals surface area (Å²) in [5.74, 6) is 0.0968.